The lowest BCUT2D eigenvalue weighted by Gasteiger charge is -2.28. The Kier molecular flexibility index (Phi) is 6.59. The maximum atomic E-state index is 12.0. The number of amides is 1. The second kappa shape index (κ2) is 9.83. The minimum absolute atomic E-state index is 0.00747. The summed E-state index contributed by atoms with van der Waals surface area (Å²) in [5, 5.41) is 10.1. The number of nitrogens with one attached hydrogen (secondary N) is 2. The van der Waals surface area contributed by atoms with Crippen molar-refractivity contribution in [2.75, 3.05) is 10.2 Å². The average molecular weight is 517 g/mol. The molecule has 0 aliphatic carbocycles. The lowest BCUT2D eigenvalue weighted by atomic mass is 9.96. The van der Waals surface area contributed by atoms with Gasteiger partial charge in [-0.2, -0.15) is 0 Å². The molecule has 1 aliphatic rings. The first-order chi connectivity index (χ1) is 17.4. The minimum atomic E-state index is -0.135. The fraction of sp³-hybridized carbons (Fsp3) is 0.259. The third-order valence-corrected chi connectivity index (χ3v) is 7.65. The highest BCUT2D eigenvalue weighted by Crippen LogP contribution is 2.44. The number of hydrogen-bond acceptors (Lipinski definition) is 5. The quantitative estimate of drug-likeness (QED) is 0.317. The van der Waals surface area contributed by atoms with Crippen molar-refractivity contribution in [1.82, 2.24) is 19.9 Å². The van der Waals surface area contributed by atoms with Crippen LogP contribution in [-0.4, -0.2) is 25.6 Å². The highest BCUT2D eigenvalue weighted by atomic mass is 32.1. The summed E-state index contributed by atoms with van der Waals surface area (Å²) in [5.74, 6) is -0.00747. The minimum Gasteiger partial charge on any atom is -0.351 e. The molecule has 7 nitrogen and oxygen atoms in total. The summed E-state index contributed by atoms with van der Waals surface area (Å²) in [6.07, 6.45) is 4.08. The van der Waals surface area contributed by atoms with Gasteiger partial charge in [0.05, 0.1) is 17.8 Å². The lowest BCUT2D eigenvalue weighted by Crippen LogP contribution is -2.29. The van der Waals surface area contributed by atoms with Gasteiger partial charge in [0, 0.05) is 47.0 Å². The summed E-state index contributed by atoms with van der Waals surface area (Å²) in [4.78, 5) is 23.4. The summed E-state index contributed by atoms with van der Waals surface area (Å²) in [7, 11) is 0. The van der Waals surface area contributed by atoms with Gasteiger partial charge in [0.15, 0.2) is 10.2 Å². The molecule has 1 saturated heterocycles. The molecule has 0 bridgehead atoms. The summed E-state index contributed by atoms with van der Waals surface area (Å²) < 4.78 is 2.20. The first-order valence-electron chi connectivity index (χ1n) is 11.9. The van der Waals surface area contributed by atoms with Gasteiger partial charge in [-0.1, -0.05) is 13.0 Å². The zero-order valence-electron chi connectivity index (χ0n) is 20.6. The molecule has 2 N–H and O–H groups in total. The number of aryl methyl sites for hydroxylation is 2. The molecule has 4 aromatic rings. The Morgan fingerprint density at radius 3 is 2.64 bits per heavy atom. The number of benzene rings is 1. The van der Waals surface area contributed by atoms with E-state index in [2.05, 4.69) is 56.0 Å². The molecule has 36 heavy (non-hydrogen) atoms. The van der Waals surface area contributed by atoms with Crippen LogP contribution in [0, 0.1) is 20.8 Å². The van der Waals surface area contributed by atoms with E-state index in [-0.39, 0.29) is 18.0 Å². The molecule has 3 aromatic heterocycles. The van der Waals surface area contributed by atoms with Crippen LogP contribution in [0.2, 0.25) is 0 Å². The zero-order valence-corrected chi connectivity index (χ0v) is 22.3. The van der Waals surface area contributed by atoms with Crippen LogP contribution in [0.5, 0.6) is 0 Å². The van der Waals surface area contributed by atoms with Crippen LogP contribution in [0.3, 0.4) is 0 Å². The van der Waals surface area contributed by atoms with Crippen molar-refractivity contribution < 1.29 is 4.79 Å². The number of thiocarbonyl (C=S) groups is 1. The van der Waals surface area contributed by atoms with Gasteiger partial charge in [-0.25, -0.2) is 4.98 Å². The smallest absolute Gasteiger partial charge is 0.224 e. The number of anilines is 2. The van der Waals surface area contributed by atoms with Crippen molar-refractivity contribution in [3.05, 3.63) is 88.4 Å². The lowest BCUT2D eigenvalue weighted by molar-refractivity contribution is -0.115. The van der Waals surface area contributed by atoms with Gasteiger partial charge in [-0.05, 0) is 80.5 Å². The second-order valence-electron chi connectivity index (χ2n) is 8.87. The molecule has 5 rings (SSSR count). The largest absolute Gasteiger partial charge is 0.351 e. The third kappa shape index (κ3) is 4.29. The van der Waals surface area contributed by atoms with Crippen LogP contribution in [0.4, 0.5) is 11.4 Å². The van der Waals surface area contributed by atoms with Crippen molar-refractivity contribution in [1.29, 1.82) is 0 Å². The van der Waals surface area contributed by atoms with Crippen molar-refractivity contribution in [2.45, 2.75) is 46.2 Å². The first kappa shape index (κ1) is 24.1. The number of pyridine rings is 1. The highest BCUT2D eigenvalue weighted by Gasteiger charge is 2.42. The van der Waals surface area contributed by atoms with E-state index in [1.165, 1.54) is 0 Å². The molecule has 2 unspecified atom stereocenters. The van der Waals surface area contributed by atoms with Gasteiger partial charge in [-0.15, -0.1) is 11.3 Å². The van der Waals surface area contributed by atoms with E-state index >= 15 is 0 Å². The van der Waals surface area contributed by atoms with Crippen LogP contribution >= 0.6 is 23.6 Å². The van der Waals surface area contributed by atoms with Crippen molar-refractivity contribution in [2.24, 2.45) is 0 Å². The highest BCUT2D eigenvalue weighted by molar-refractivity contribution is 7.80. The Morgan fingerprint density at radius 1 is 1.14 bits per heavy atom. The van der Waals surface area contributed by atoms with Crippen molar-refractivity contribution in [3.8, 4) is 5.13 Å². The fourth-order valence-electron chi connectivity index (χ4n) is 4.83. The summed E-state index contributed by atoms with van der Waals surface area (Å²) in [5.41, 5.74) is 7.06. The molecule has 9 heteroatoms. The summed E-state index contributed by atoms with van der Waals surface area (Å²) in [6, 6.07) is 14.0. The number of carbonyl (C=O) groups is 1. The molecule has 2 atom stereocenters. The molecule has 1 amide bonds. The number of rotatable bonds is 6. The van der Waals surface area contributed by atoms with Gasteiger partial charge in [-0.3, -0.25) is 14.3 Å². The Labute approximate surface area is 220 Å². The Bertz CT molecular complexity index is 1410. The third-order valence-electron chi connectivity index (χ3n) is 6.58. The molecular weight excluding hydrogens is 488 g/mol. The molecule has 1 aromatic carbocycles. The van der Waals surface area contributed by atoms with Crippen LogP contribution in [-0.2, 0) is 4.79 Å². The summed E-state index contributed by atoms with van der Waals surface area (Å²) >= 11 is 7.52. The molecular formula is C27H28N6OS2. The maximum absolute atomic E-state index is 12.0. The Balaban J connectivity index is 1.62. The van der Waals surface area contributed by atoms with E-state index in [0.29, 0.717) is 11.5 Å². The van der Waals surface area contributed by atoms with Gasteiger partial charge in [0.2, 0.25) is 5.91 Å². The first-order valence-corrected chi connectivity index (χ1v) is 13.2. The number of nitrogens with zero attached hydrogens (tertiary/aromatic N) is 4. The Morgan fingerprint density at radius 2 is 1.97 bits per heavy atom. The summed E-state index contributed by atoms with van der Waals surface area (Å²) in [6.45, 7) is 8.08. The SMILES string of the molecule is CCC(=O)Nc1ccc(N2C(=S)NC(c3ccccn3)C2c2cc(C)n(-c3nccs3)c2C)cc1C. The normalized spacial score (nSPS) is 17.3. The number of hydrogen-bond donors (Lipinski definition) is 2. The Hall–Kier alpha value is -3.56. The molecule has 0 radical (unpaired) electrons. The van der Waals surface area contributed by atoms with E-state index in [1.807, 2.05) is 62.0 Å². The topological polar surface area (TPSA) is 75.1 Å². The predicted octanol–water partition coefficient (Wildman–Crippen LogP) is 5.78. The van der Waals surface area contributed by atoms with Gasteiger partial charge >= 0.3 is 0 Å². The van der Waals surface area contributed by atoms with Crippen LogP contribution in [0.25, 0.3) is 5.13 Å². The second-order valence-corrected chi connectivity index (χ2v) is 10.1. The number of thiazole rings is 1. The van der Waals surface area contributed by atoms with Gasteiger partial charge in [0.25, 0.3) is 0 Å². The van der Waals surface area contributed by atoms with Crippen LogP contribution < -0.4 is 15.5 Å². The maximum Gasteiger partial charge on any atom is 0.224 e. The van der Waals surface area contributed by atoms with Crippen LogP contribution in [0.1, 0.15) is 53.6 Å². The molecule has 1 fully saturated rings. The zero-order chi connectivity index (χ0) is 25.4. The standard InChI is InChI=1S/C27H28N6OS2/c1-5-23(34)30-21-10-9-19(14-16(21)2)33-25(24(31-26(33)35)22-8-6-7-11-28-22)20-15-17(3)32(18(20)4)27-29-12-13-36-27/h6-15,24-25H,5H2,1-4H3,(H,30,34)(H,31,35). The van der Waals surface area contributed by atoms with E-state index in [9.17, 15) is 4.79 Å². The molecule has 0 saturated carbocycles. The average Bonchev–Trinajstić information content (AvgIpc) is 3.58. The molecule has 184 valence electrons. The van der Waals surface area contributed by atoms with Crippen molar-refractivity contribution in [3.63, 3.8) is 0 Å². The fourth-order valence-corrected chi connectivity index (χ4v) is 5.93. The van der Waals surface area contributed by atoms with Gasteiger partial charge < -0.3 is 15.5 Å². The molecule has 0 spiro atoms. The number of carbonyl (C=O) groups excluding carboxylic acids is 1. The predicted molar refractivity (Wildman–Crippen MR) is 149 cm³/mol. The van der Waals surface area contributed by atoms with E-state index in [0.717, 1.165) is 44.7 Å². The molecule has 4 heterocycles. The van der Waals surface area contributed by atoms with E-state index in [4.69, 9.17) is 12.2 Å². The van der Waals surface area contributed by atoms with E-state index in [1.54, 1.807) is 11.3 Å². The van der Waals surface area contributed by atoms with E-state index < -0.39 is 0 Å². The van der Waals surface area contributed by atoms with Crippen LogP contribution in [0.15, 0.2) is 60.2 Å². The van der Waals surface area contributed by atoms with Crippen molar-refractivity contribution >= 4 is 45.9 Å². The molecule has 1 aliphatic heterocycles. The number of aromatic nitrogens is 3. The monoisotopic (exact) mass is 516 g/mol. The van der Waals surface area contributed by atoms with Gasteiger partial charge in [0.1, 0.15) is 0 Å².